The van der Waals surface area contributed by atoms with Crippen LogP contribution in [0.1, 0.15) is 33.6 Å². The van der Waals surface area contributed by atoms with Gasteiger partial charge in [0.1, 0.15) is 4.49 Å². The first-order chi connectivity index (χ1) is 6.02. The minimum Gasteiger partial charge on any atom is -0.0709 e. The second-order valence-electron chi connectivity index (χ2n) is 3.95. The van der Waals surface area contributed by atoms with Crippen molar-refractivity contribution in [2.75, 3.05) is 0 Å². The summed E-state index contributed by atoms with van der Waals surface area (Å²) in [5.74, 6) is 1.44. The zero-order valence-electron chi connectivity index (χ0n) is 8.40. The predicted octanol–water partition coefficient (Wildman–Crippen LogP) is 4.69. The number of allylic oxidation sites excluding steroid dienone is 3. The monoisotopic (exact) mass is 218 g/mol. The molecule has 0 fully saturated rings. The van der Waals surface area contributed by atoms with E-state index >= 15 is 0 Å². The Labute approximate surface area is 90.6 Å². The van der Waals surface area contributed by atoms with Crippen LogP contribution in [0.15, 0.2) is 21.7 Å². The summed E-state index contributed by atoms with van der Waals surface area (Å²) in [5.41, 5.74) is 2.77. The van der Waals surface area contributed by atoms with Crippen molar-refractivity contribution in [3.8, 4) is 0 Å². The molecule has 0 aromatic rings. The lowest BCUT2D eigenvalue weighted by Crippen LogP contribution is -2.15. The third-order valence-electron chi connectivity index (χ3n) is 3.20. The van der Waals surface area contributed by atoms with E-state index in [4.69, 9.17) is 23.2 Å². The molecule has 0 nitrogen and oxygen atoms in total. The van der Waals surface area contributed by atoms with Crippen LogP contribution in [0.2, 0.25) is 0 Å². The standard InChI is InChI=1S/C11H16Cl2/c1-7-4-5-10(6-11(12)13)9(3)8(7)2/h6-8H,4-5H2,1-3H3. The van der Waals surface area contributed by atoms with Gasteiger partial charge in [-0.05, 0) is 43.3 Å². The summed E-state index contributed by atoms with van der Waals surface area (Å²) < 4.78 is 0.371. The molecule has 0 saturated carbocycles. The zero-order chi connectivity index (χ0) is 10.0. The Balaban J connectivity index is 2.90. The molecule has 0 amide bonds. The Morgan fingerprint density at radius 1 is 1.38 bits per heavy atom. The van der Waals surface area contributed by atoms with E-state index in [1.807, 2.05) is 6.08 Å². The molecule has 2 atom stereocenters. The van der Waals surface area contributed by atoms with Gasteiger partial charge in [-0.25, -0.2) is 0 Å². The van der Waals surface area contributed by atoms with Gasteiger partial charge in [0, 0.05) is 0 Å². The van der Waals surface area contributed by atoms with Crippen LogP contribution in [0.3, 0.4) is 0 Å². The lowest BCUT2D eigenvalue weighted by Gasteiger charge is -2.28. The van der Waals surface area contributed by atoms with Crippen molar-refractivity contribution < 1.29 is 0 Å². The molecule has 0 bridgehead atoms. The SMILES string of the molecule is CC1=C(C=C(Cl)Cl)CCC(C)C1C. The summed E-state index contributed by atoms with van der Waals surface area (Å²) in [4.78, 5) is 0. The van der Waals surface area contributed by atoms with Crippen LogP contribution in [-0.4, -0.2) is 0 Å². The van der Waals surface area contributed by atoms with Crippen LogP contribution in [0.25, 0.3) is 0 Å². The quantitative estimate of drug-likeness (QED) is 0.600. The highest BCUT2D eigenvalue weighted by Gasteiger charge is 2.21. The van der Waals surface area contributed by atoms with E-state index in [1.54, 1.807) is 0 Å². The van der Waals surface area contributed by atoms with Crippen LogP contribution < -0.4 is 0 Å². The number of hydrogen-bond acceptors (Lipinski definition) is 0. The number of hydrogen-bond donors (Lipinski definition) is 0. The summed E-state index contributed by atoms with van der Waals surface area (Å²) in [6, 6.07) is 0. The largest absolute Gasteiger partial charge is 0.107 e. The van der Waals surface area contributed by atoms with Gasteiger partial charge in [0.05, 0.1) is 0 Å². The van der Waals surface area contributed by atoms with E-state index in [0.717, 1.165) is 12.3 Å². The highest BCUT2D eigenvalue weighted by molar-refractivity contribution is 6.56. The van der Waals surface area contributed by atoms with Gasteiger partial charge in [-0.1, -0.05) is 42.6 Å². The van der Waals surface area contributed by atoms with Crippen molar-refractivity contribution in [1.29, 1.82) is 0 Å². The molecule has 1 rings (SSSR count). The predicted molar refractivity (Wildman–Crippen MR) is 60.1 cm³/mol. The maximum atomic E-state index is 5.65. The summed E-state index contributed by atoms with van der Waals surface area (Å²) in [6.07, 6.45) is 4.24. The summed E-state index contributed by atoms with van der Waals surface area (Å²) in [5, 5.41) is 0. The molecular weight excluding hydrogens is 203 g/mol. The maximum absolute atomic E-state index is 5.65. The second kappa shape index (κ2) is 4.52. The molecule has 0 heterocycles. The summed E-state index contributed by atoms with van der Waals surface area (Å²) >= 11 is 11.3. The molecule has 0 radical (unpaired) electrons. The molecule has 0 saturated heterocycles. The van der Waals surface area contributed by atoms with Gasteiger partial charge < -0.3 is 0 Å². The third-order valence-corrected chi connectivity index (χ3v) is 3.41. The Hall–Kier alpha value is 0.0600. The maximum Gasteiger partial charge on any atom is 0.107 e. The first-order valence-electron chi connectivity index (χ1n) is 4.74. The van der Waals surface area contributed by atoms with Crippen LogP contribution in [0.5, 0.6) is 0 Å². The minimum absolute atomic E-state index is 0.371. The van der Waals surface area contributed by atoms with Gasteiger partial charge >= 0.3 is 0 Å². The van der Waals surface area contributed by atoms with Crippen LogP contribution in [-0.2, 0) is 0 Å². The van der Waals surface area contributed by atoms with Crippen LogP contribution >= 0.6 is 23.2 Å². The highest BCUT2D eigenvalue weighted by atomic mass is 35.5. The molecule has 2 heteroatoms. The molecule has 74 valence electrons. The molecule has 0 aromatic heterocycles. The van der Waals surface area contributed by atoms with Gasteiger partial charge in [-0.15, -0.1) is 0 Å². The van der Waals surface area contributed by atoms with Crippen molar-refractivity contribution in [3.05, 3.63) is 21.7 Å². The molecule has 0 aliphatic heterocycles. The minimum atomic E-state index is 0.371. The topological polar surface area (TPSA) is 0 Å². The molecule has 13 heavy (non-hydrogen) atoms. The zero-order valence-corrected chi connectivity index (χ0v) is 9.91. The normalized spacial score (nSPS) is 29.0. The number of rotatable bonds is 1. The average molecular weight is 219 g/mol. The first kappa shape index (κ1) is 11.1. The van der Waals surface area contributed by atoms with Crippen LogP contribution in [0, 0.1) is 11.8 Å². The van der Waals surface area contributed by atoms with Crippen molar-refractivity contribution in [2.45, 2.75) is 33.6 Å². The Morgan fingerprint density at radius 3 is 2.54 bits per heavy atom. The molecule has 0 spiro atoms. The van der Waals surface area contributed by atoms with E-state index in [-0.39, 0.29) is 0 Å². The van der Waals surface area contributed by atoms with E-state index in [0.29, 0.717) is 10.4 Å². The molecule has 0 aromatic carbocycles. The van der Waals surface area contributed by atoms with Crippen molar-refractivity contribution in [2.24, 2.45) is 11.8 Å². The highest BCUT2D eigenvalue weighted by Crippen LogP contribution is 2.35. The van der Waals surface area contributed by atoms with E-state index in [2.05, 4.69) is 20.8 Å². The Morgan fingerprint density at radius 2 is 2.00 bits per heavy atom. The number of halogens is 2. The molecule has 1 aliphatic rings. The van der Waals surface area contributed by atoms with E-state index < -0.39 is 0 Å². The first-order valence-corrected chi connectivity index (χ1v) is 5.50. The average Bonchev–Trinajstić information content (AvgIpc) is 2.06. The van der Waals surface area contributed by atoms with Gasteiger partial charge in [0.15, 0.2) is 0 Å². The van der Waals surface area contributed by atoms with E-state index in [9.17, 15) is 0 Å². The lowest BCUT2D eigenvalue weighted by molar-refractivity contribution is 0.386. The summed E-state index contributed by atoms with van der Waals surface area (Å²) in [6.45, 7) is 6.76. The van der Waals surface area contributed by atoms with Gasteiger partial charge in [0.25, 0.3) is 0 Å². The van der Waals surface area contributed by atoms with Gasteiger partial charge in [0.2, 0.25) is 0 Å². The molecule has 0 N–H and O–H groups in total. The Bertz CT molecular complexity index is 247. The van der Waals surface area contributed by atoms with Gasteiger partial charge in [-0.2, -0.15) is 0 Å². The van der Waals surface area contributed by atoms with Crippen molar-refractivity contribution in [3.63, 3.8) is 0 Å². The lowest BCUT2D eigenvalue weighted by atomic mass is 9.77. The second-order valence-corrected chi connectivity index (χ2v) is 4.95. The fourth-order valence-corrected chi connectivity index (χ4v) is 2.13. The fourth-order valence-electron chi connectivity index (χ4n) is 1.87. The van der Waals surface area contributed by atoms with Crippen molar-refractivity contribution >= 4 is 23.2 Å². The third kappa shape index (κ3) is 2.75. The van der Waals surface area contributed by atoms with Gasteiger partial charge in [-0.3, -0.25) is 0 Å². The van der Waals surface area contributed by atoms with Crippen molar-refractivity contribution in [1.82, 2.24) is 0 Å². The summed E-state index contributed by atoms with van der Waals surface area (Å²) in [7, 11) is 0. The van der Waals surface area contributed by atoms with E-state index in [1.165, 1.54) is 17.6 Å². The van der Waals surface area contributed by atoms with Crippen LogP contribution in [0.4, 0.5) is 0 Å². The Kier molecular flexibility index (Phi) is 3.87. The molecule has 2 unspecified atom stereocenters. The molecular formula is C11H16Cl2. The smallest absolute Gasteiger partial charge is 0.0709 e. The molecule has 1 aliphatic carbocycles. The fraction of sp³-hybridized carbons (Fsp3) is 0.636.